The smallest absolute Gasteiger partial charge is 0.407 e. The zero-order valence-electron chi connectivity index (χ0n) is 12.2. The number of methoxy groups -OCH3 is 1. The predicted molar refractivity (Wildman–Crippen MR) is 73.0 cm³/mol. The van der Waals surface area contributed by atoms with Crippen molar-refractivity contribution in [2.75, 3.05) is 20.2 Å². The topological polar surface area (TPSA) is 78.9 Å². The quantitative estimate of drug-likeness (QED) is 0.798. The molecule has 0 aromatic heterocycles. The highest BCUT2D eigenvalue weighted by Gasteiger charge is 2.35. The van der Waals surface area contributed by atoms with Crippen molar-refractivity contribution in [2.45, 2.75) is 44.8 Å². The maximum atomic E-state index is 11.6. The third-order valence-electron chi connectivity index (χ3n) is 4.23. The minimum atomic E-state index is -0.470. The monoisotopic (exact) mass is 284 g/mol. The van der Waals surface area contributed by atoms with E-state index in [0.717, 1.165) is 19.3 Å². The summed E-state index contributed by atoms with van der Waals surface area (Å²) in [6, 6.07) is -0.100. The van der Waals surface area contributed by atoms with Gasteiger partial charge >= 0.3 is 6.09 Å². The largest absolute Gasteiger partial charge is 0.453 e. The maximum Gasteiger partial charge on any atom is 0.407 e. The van der Waals surface area contributed by atoms with Crippen molar-refractivity contribution in [1.82, 2.24) is 10.2 Å². The van der Waals surface area contributed by atoms with E-state index in [9.17, 15) is 14.7 Å². The maximum absolute atomic E-state index is 11.6. The normalized spacial score (nSPS) is 27.9. The number of ether oxygens (including phenoxy) is 1. The van der Waals surface area contributed by atoms with Crippen molar-refractivity contribution in [1.29, 1.82) is 0 Å². The van der Waals surface area contributed by atoms with Crippen LogP contribution >= 0.6 is 0 Å². The zero-order chi connectivity index (χ0) is 14.7. The van der Waals surface area contributed by atoms with Gasteiger partial charge in [0.1, 0.15) is 0 Å². The summed E-state index contributed by atoms with van der Waals surface area (Å²) in [4.78, 5) is 24.7. The van der Waals surface area contributed by atoms with Gasteiger partial charge in [0.15, 0.2) is 0 Å². The first kappa shape index (κ1) is 15.1. The average molecular weight is 284 g/mol. The van der Waals surface area contributed by atoms with E-state index in [-0.39, 0.29) is 24.0 Å². The lowest BCUT2D eigenvalue weighted by Crippen LogP contribution is -2.52. The summed E-state index contributed by atoms with van der Waals surface area (Å²) < 4.78 is 4.61. The van der Waals surface area contributed by atoms with Crippen LogP contribution in [0.2, 0.25) is 0 Å². The van der Waals surface area contributed by atoms with Gasteiger partial charge in [0.25, 0.3) is 0 Å². The van der Waals surface area contributed by atoms with Gasteiger partial charge in [-0.25, -0.2) is 4.79 Å². The van der Waals surface area contributed by atoms with Crippen LogP contribution in [0.15, 0.2) is 0 Å². The van der Waals surface area contributed by atoms with Crippen LogP contribution in [0, 0.1) is 11.8 Å². The Morgan fingerprint density at radius 2 is 2.10 bits per heavy atom. The van der Waals surface area contributed by atoms with Crippen LogP contribution in [0.5, 0.6) is 0 Å². The Bertz CT molecular complexity index is 370. The molecule has 2 aliphatic rings. The van der Waals surface area contributed by atoms with Crippen LogP contribution in [-0.2, 0) is 9.53 Å². The molecule has 1 saturated carbocycles. The summed E-state index contributed by atoms with van der Waals surface area (Å²) in [6.45, 7) is 2.72. The first-order valence-electron chi connectivity index (χ1n) is 7.27. The molecule has 2 N–H and O–H groups in total. The van der Waals surface area contributed by atoms with Crippen LogP contribution < -0.4 is 5.32 Å². The fraction of sp³-hybridized carbons (Fsp3) is 0.857. The lowest BCUT2D eigenvalue weighted by molar-refractivity contribution is -0.131. The molecule has 1 aliphatic heterocycles. The number of carbonyl (C=O) groups is 2. The van der Waals surface area contributed by atoms with Crippen LogP contribution in [0.25, 0.3) is 0 Å². The lowest BCUT2D eigenvalue weighted by atomic mass is 9.88. The molecule has 0 spiro atoms. The number of nitrogens with one attached hydrogen (secondary N) is 1. The number of piperidine rings is 1. The van der Waals surface area contributed by atoms with Crippen LogP contribution in [0.1, 0.15) is 32.6 Å². The summed E-state index contributed by atoms with van der Waals surface area (Å²) in [6.07, 6.45) is 2.95. The molecule has 3 atom stereocenters. The summed E-state index contributed by atoms with van der Waals surface area (Å²) in [5.74, 6) is 0.674. The first-order chi connectivity index (χ1) is 9.49. The fourth-order valence-corrected chi connectivity index (χ4v) is 2.98. The van der Waals surface area contributed by atoms with Crippen molar-refractivity contribution in [3.05, 3.63) is 0 Å². The second-order valence-electron chi connectivity index (χ2n) is 6.00. The molecule has 0 aromatic rings. The van der Waals surface area contributed by atoms with E-state index in [1.807, 2.05) is 0 Å². The number of amides is 2. The minimum absolute atomic E-state index is 0.00674. The number of carbonyl (C=O) groups excluding carboxylic acids is 2. The summed E-state index contributed by atoms with van der Waals surface area (Å²) in [5, 5.41) is 12.8. The molecule has 2 amide bonds. The number of hydrogen-bond donors (Lipinski definition) is 2. The number of aliphatic hydroxyl groups is 1. The van der Waals surface area contributed by atoms with Gasteiger partial charge in [-0.15, -0.1) is 0 Å². The van der Waals surface area contributed by atoms with E-state index in [1.165, 1.54) is 14.0 Å². The number of likely N-dealkylation sites (tertiary alicyclic amines) is 1. The molecule has 114 valence electrons. The van der Waals surface area contributed by atoms with Gasteiger partial charge in [-0.1, -0.05) is 0 Å². The molecule has 6 nitrogen and oxygen atoms in total. The predicted octanol–water partition coefficient (Wildman–Crippen LogP) is 0.740. The Labute approximate surface area is 119 Å². The molecule has 6 heteroatoms. The third-order valence-corrected chi connectivity index (χ3v) is 4.23. The Balaban J connectivity index is 1.92. The van der Waals surface area contributed by atoms with Gasteiger partial charge in [0.2, 0.25) is 5.91 Å². The van der Waals surface area contributed by atoms with Gasteiger partial charge in [0, 0.05) is 20.0 Å². The molecule has 0 bridgehead atoms. The van der Waals surface area contributed by atoms with Crippen LogP contribution in [0.4, 0.5) is 4.79 Å². The molecular weight excluding hydrogens is 260 g/mol. The first-order valence-corrected chi connectivity index (χ1v) is 7.27. The van der Waals surface area contributed by atoms with Gasteiger partial charge in [0.05, 0.1) is 19.3 Å². The van der Waals surface area contributed by atoms with Crippen molar-refractivity contribution in [3.8, 4) is 0 Å². The average Bonchev–Trinajstić information content (AvgIpc) is 3.22. The van der Waals surface area contributed by atoms with Gasteiger partial charge < -0.3 is 20.1 Å². The van der Waals surface area contributed by atoms with Crippen LogP contribution in [0.3, 0.4) is 0 Å². The van der Waals surface area contributed by atoms with Gasteiger partial charge in [-0.3, -0.25) is 4.79 Å². The molecule has 1 saturated heterocycles. The second kappa shape index (κ2) is 6.43. The summed E-state index contributed by atoms with van der Waals surface area (Å²) in [7, 11) is 1.33. The molecule has 3 unspecified atom stereocenters. The molecular formula is C14H24N2O4. The number of nitrogens with zero attached hydrogens (tertiary/aromatic N) is 1. The minimum Gasteiger partial charge on any atom is -0.453 e. The van der Waals surface area contributed by atoms with E-state index in [2.05, 4.69) is 10.1 Å². The SMILES string of the molecule is COC(=O)NC1CC(CC(O)C2CC2)CN(C(C)=O)C1. The summed E-state index contributed by atoms with van der Waals surface area (Å²) in [5.41, 5.74) is 0. The van der Waals surface area contributed by atoms with E-state index < -0.39 is 6.09 Å². The molecule has 0 radical (unpaired) electrons. The highest BCUT2D eigenvalue weighted by molar-refractivity contribution is 5.73. The van der Waals surface area contributed by atoms with Crippen molar-refractivity contribution >= 4 is 12.0 Å². The Hall–Kier alpha value is -1.30. The van der Waals surface area contributed by atoms with Gasteiger partial charge in [-0.2, -0.15) is 0 Å². The van der Waals surface area contributed by atoms with Crippen molar-refractivity contribution in [2.24, 2.45) is 11.8 Å². The molecule has 2 rings (SSSR count). The Morgan fingerprint density at radius 3 is 2.65 bits per heavy atom. The van der Waals surface area contributed by atoms with Crippen molar-refractivity contribution in [3.63, 3.8) is 0 Å². The molecule has 2 fully saturated rings. The Morgan fingerprint density at radius 1 is 1.40 bits per heavy atom. The molecule has 1 aliphatic carbocycles. The van der Waals surface area contributed by atoms with E-state index in [1.54, 1.807) is 4.90 Å². The fourth-order valence-electron chi connectivity index (χ4n) is 2.98. The van der Waals surface area contributed by atoms with E-state index in [0.29, 0.717) is 25.4 Å². The molecule has 20 heavy (non-hydrogen) atoms. The Kier molecular flexibility index (Phi) is 4.86. The van der Waals surface area contributed by atoms with Gasteiger partial charge in [-0.05, 0) is 37.5 Å². The van der Waals surface area contributed by atoms with Crippen molar-refractivity contribution < 1.29 is 19.4 Å². The number of hydrogen-bond acceptors (Lipinski definition) is 4. The lowest BCUT2D eigenvalue weighted by Gasteiger charge is -2.38. The standard InChI is InChI=1S/C14H24N2O4/c1-9(17)16-7-10(6-13(18)11-3-4-11)5-12(8-16)15-14(19)20-2/h10-13,18H,3-8H2,1-2H3,(H,15,19). The molecule has 1 heterocycles. The van der Waals surface area contributed by atoms with E-state index >= 15 is 0 Å². The number of aliphatic hydroxyl groups excluding tert-OH is 1. The van der Waals surface area contributed by atoms with E-state index in [4.69, 9.17) is 0 Å². The number of rotatable bonds is 4. The second-order valence-corrected chi connectivity index (χ2v) is 6.00. The number of alkyl carbamates (subject to hydrolysis) is 1. The zero-order valence-corrected chi connectivity index (χ0v) is 12.2. The highest BCUT2D eigenvalue weighted by Crippen LogP contribution is 2.36. The molecule has 0 aromatic carbocycles. The van der Waals surface area contributed by atoms with Crippen LogP contribution in [-0.4, -0.2) is 54.4 Å². The summed E-state index contributed by atoms with van der Waals surface area (Å²) >= 11 is 0. The third kappa shape index (κ3) is 4.10. The highest BCUT2D eigenvalue weighted by atomic mass is 16.5.